The van der Waals surface area contributed by atoms with Crippen LogP contribution >= 0.6 is 15.9 Å². The van der Waals surface area contributed by atoms with Gasteiger partial charge in [0.05, 0.1) is 10.6 Å². The topological polar surface area (TPSA) is 83.6 Å². The zero-order valence-electron chi connectivity index (χ0n) is 17.4. The molecule has 1 fully saturated rings. The van der Waals surface area contributed by atoms with E-state index in [4.69, 9.17) is 0 Å². The second kappa shape index (κ2) is 8.74. The summed E-state index contributed by atoms with van der Waals surface area (Å²) >= 11 is 3.38. The Balaban J connectivity index is 1.49. The van der Waals surface area contributed by atoms with Crippen molar-refractivity contribution in [3.05, 3.63) is 52.0 Å². The number of carbonyl (C=O) groups excluding carboxylic acids is 2. The number of fused-ring (bicyclic) bond motifs is 1. The van der Waals surface area contributed by atoms with Crippen molar-refractivity contribution in [2.45, 2.75) is 43.9 Å². The maximum Gasteiger partial charge on any atom is 0.230 e. The maximum atomic E-state index is 13.0. The predicted octanol–water partition coefficient (Wildman–Crippen LogP) is 4.11. The first-order valence-electron chi connectivity index (χ1n) is 10.5. The molecule has 164 valence electrons. The molecule has 2 aromatic carbocycles. The van der Waals surface area contributed by atoms with Crippen molar-refractivity contribution < 1.29 is 18.0 Å². The summed E-state index contributed by atoms with van der Waals surface area (Å²) in [5.41, 5.74) is 3.36. The van der Waals surface area contributed by atoms with Gasteiger partial charge in [0, 0.05) is 34.7 Å². The van der Waals surface area contributed by atoms with Crippen molar-refractivity contribution in [3.63, 3.8) is 0 Å². The highest BCUT2D eigenvalue weighted by molar-refractivity contribution is 9.10. The second-order valence-electron chi connectivity index (χ2n) is 8.05. The van der Waals surface area contributed by atoms with Gasteiger partial charge < -0.3 is 10.2 Å². The number of aryl methyl sites for hydroxylation is 1. The molecule has 8 heteroatoms. The quantitative estimate of drug-likeness (QED) is 0.614. The molecule has 2 aromatic rings. The van der Waals surface area contributed by atoms with E-state index >= 15 is 0 Å². The number of halogens is 1. The first kappa shape index (κ1) is 22.0. The summed E-state index contributed by atoms with van der Waals surface area (Å²) in [4.78, 5) is 26.8. The molecule has 0 bridgehead atoms. The zero-order chi connectivity index (χ0) is 22.2. The van der Waals surface area contributed by atoms with Crippen LogP contribution < -0.4 is 10.2 Å². The highest BCUT2D eigenvalue weighted by Crippen LogP contribution is 2.39. The number of nitrogens with one attached hydrogen (secondary N) is 1. The summed E-state index contributed by atoms with van der Waals surface area (Å²) < 4.78 is 26.6. The van der Waals surface area contributed by atoms with Gasteiger partial charge in [0.2, 0.25) is 11.8 Å². The summed E-state index contributed by atoms with van der Waals surface area (Å²) in [6.45, 7) is 2.58. The molecule has 2 aliphatic rings. The molecule has 0 atom stereocenters. The van der Waals surface area contributed by atoms with Crippen molar-refractivity contribution >= 4 is 49.0 Å². The number of hydrogen-bond donors (Lipinski definition) is 1. The Morgan fingerprint density at radius 2 is 1.94 bits per heavy atom. The largest absolute Gasteiger partial charge is 0.326 e. The first-order valence-corrected chi connectivity index (χ1v) is 13.0. The lowest BCUT2D eigenvalue weighted by atomic mass is 10.1. The van der Waals surface area contributed by atoms with E-state index in [1.54, 1.807) is 17.0 Å². The molecule has 1 aliphatic heterocycles. The van der Waals surface area contributed by atoms with Gasteiger partial charge >= 0.3 is 0 Å². The normalized spacial score (nSPS) is 15.6. The van der Waals surface area contributed by atoms with Crippen LogP contribution in [-0.2, 0) is 32.3 Å². The van der Waals surface area contributed by atoms with Gasteiger partial charge in [-0.3, -0.25) is 9.59 Å². The number of carbonyl (C=O) groups is 2. The molecule has 0 unspecified atom stereocenters. The van der Waals surface area contributed by atoms with Gasteiger partial charge in [-0.1, -0.05) is 25.1 Å². The van der Waals surface area contributed by atoms with Crippen LogP contribution in [0.2, 0.25) is 0 Å². The Morgan fingerprint density at radius 3 is 2.65 bits per heavy atom. The first-order chi connectivity index (χ1) is 14.8. The number of sulfone groups is 1. The van der Waals surface area contributed by atoms with E-state index in [1.807, 2.05) is 31.2 Å². The van der Waals surface area contributed by atoms with Gasteiger partial charge in [-0.05, 0) is 70.9 Å². The standard InChI is InChI=1S/C23H25BrN2O4S/c1-2-15-5-3-4-6-19(15)25-22(27)10-12-31(29,30)21-14-20-17(13-18(21)24)9-11-26(20)23(28)16-7-8-16/h3-6,13-14,16H,2,7-12H2,1H3,(H,25,27). The average molecular weight is 505 g/mol. The number of amides is 2. The Morgan fingerprint density at radius 1 is 1.19 bits per heavy atom. The van der Waals surface area contributed by atoms with Gasteiger partial charge in [0.25, 0.3) is 0 Å². The minimum Gasteiger partial charge on any atom is -0.326 e. The summed E-state index contributed by atoms with van der Waals surface area (Å²) in [5.74, 6) is -0.490. The van der Waals surface area contributed by atoms with E-state index in [2.05, 4.69) is 21.2 Å². The third-order valence-corrected chi connectivity index (χ3v) is 8.49. The maximum absolute atomic E-state index is 13.0. The van der Waals surface area contributed by atoms with Gasteiger partial charge in [0.1, 0.15) is 0 Å². The van der Waals surface area contributed by atoms with Crippen LogP contribution in [0.5, 0.6) is 0 Å². The van der Waals surface area contributed by atoms with Gasteiger partial charge in [-0.15, -0.1) is 0 Å². The number of benzene rings is 2. The Hall–Kier alpha value is -2.19. The molecule has 6 nitrogen and oxygen atoms in total. The van der Waals surface area contributed by atoms with E-state index in [0.29, 0.717) is 28.8 Å². The van der Waals surface area contributed by atoms with Crippen molar-refractivity contribution in [2.24, 2.45) is 5.92 Å². The fourth-order valence-corrected chi connectivity index (χ4v) is 6.36. The second-order valence-corrected chi connectivity index (χ2v) is 11.0. The van der Waals surface area contributed by atoms with Crippen molar-refractivity contribution in [3.8, 4) is 0 Å². The van der Waals surface area contributed by atoms with Crippen LogP contribution in [0.15, 0.2) is 45.8 Å². The molecular formula is C23H25BrN2O4S. The fourth-order valence-electron chi connectivity index (χ4n) is 3.91. The molecule has 0 spiro atoms. The lowest BCUT2D eigenvalue weighted by Crippen LogP contribution is -2.30. The van der Waals surface area contributed by atoms with Crippen LogP contribution in [0.3, 0.4) is 0 Å². The molecule has 2 amide bonds. The summed E-state index contributed by atoms with van der Waals surface area (Å²) in [7, 11) is -3.71. The SMILES string of the molecule is CCc1ccccc1NC(=O)CCS(=O)(=O)c1cc2c(cc1Br)CCN2C(=O)C1CC1. The van der Waals surface area contributed by atoms with Crippen LogP contribution in [0.25, 0.3) is 0 Å². The Labute approximate surface area is 191 Å². The molecular weight excluding hydrogens is 480 g/mol. The van der Waals surface area contributed by atoms with E-state index in [9.17, 15) is 18.0 Å². The lowest BCUT2D eigenvalue weighted by Gasteiger charge is -2.18. The highest BCUT2D eigenvalue weighted by atomic mass is 79.9. The molecule has 1 saturated carbocycles. The summed E-state index contributed by atoms with van der Waals surface area (Å²) in [6.07, 6.45) is 3.15. The van der Waals surface area contributed by atoms with E-state index in [0.717, 1.165) is 30.4 Å². The lowest BCUT2D eigenvalue weighted by molar-refractivity contribution is -0.119. The minimum absolute atomic E-state index is 0.0735. The van der Waals surface area contributed by atoms with Gasteiger partial charge in [0.15, 0.2) is 9.84 Å². The van der Waals surface area contributed by atoms with E-state index < -0.39 is 9.84 Å². The molecule has 0 saturated heterocycles. The smallest absolute Gasteiger partial charge is 0.230 e. The molecule has 31 heavy (non-hydrogen) atoms. The number of rotatable bonds is 7. The Bertz CT molecular complexity index is 1140. The monoisotopic (exact) mass is 504 g/mol. The third-order valence-electron chi connectivity index (χ3n) is 5.83. The molecule has 4 rings (SSSR count). The molecule has 1 heterocycles. The molecule has 1 aliphatic carbocycles. The van der Waals surface area contributed by atoms with Crippen LogP contribution in [-0.4, -0.2) is 32.5 Å². The summed E-state index contributed by atoms with van der Waals surface area (Å²) in [6, 6.07) is 10.9. The predicted molar refractivity (Wildman–Crippen MR) is 124 cm³/mol. The van der Waals surface area contributed by atoms with Crippen LogP contribution in [0.1, 0.15) is 37.3 Å². The summed E-state index contributed by atoms with van der Waals surface area (Å²) in [5, 5.41) is 2.82. The number of hydrogen-bond acceptors (Lipinski definition) is 4. The molecule has 0 aromatic heterocycles. The van der Waals surface area contributed by atoms with Gasteiger partial charge in [-0.25, -0.2) is 8.42 Å². The van der Waals surface area contributed by atoms with Crippen molar-refractivity contribution in [1.29, 1.82) is 0 Å². The van der Waals surface area contributed by atoms with E-state index in [1.165, 1.54) is 0 Å². The van der Waals surface area contributed by atoms with Crippen molar-refractivity contribution in [1.82, 2.24) is 0 Å². The average Bonchev–Trinajstić information content (AvgIpc) is 3.52. The number of nitrogens with zero attached hydrogens (tertiary/aromatic N) is 1. The minimum atomic E-state index is -3.71. The molecule has 0 radical (unpaired) electrons. The van der Waals surface area contributed by atoms with Crippen LogP contribution in [0, 0.1) is 5.92 Å². The zero-order valence-corrected chi connectivity index (χ0v) is 19.8. The molecule has 1 N–H and O–H groups in total. The number of anilines is 2. The highest BCUT2D eigenvalue weighted by Gasteiger charge is 2.37. The van der Waals surface area contributed by atoms with Crippen molar-refractivity contribution in [2.75, 3.05) is 22.5 Å². The fraction of sp³-hybridized carbons (Fsp3) is 0.391. The van der Waals surface area contributed by atoms with Gasteiger partial charge in [-0.2, -0.15) is 0 Å². The Kier molecular flexibility index (Phi) is 6.21. The third kappa shape index (κ3) is 4.70. The number of para-hydroxylation sites is 1. The van der Waals surface area contributed by atoms with E-state index in [-0.39, 0.29) is 34.8 Å². The van der Waals surface area contributed by atoms with Crippen LogP contribution in [0.4, 0.5) is 11.4 Å².